The van der Waals surface area contributed by atoms with Crippen molar-refractivity contribution in [2.24, 2.45) is 5.73 Å². The molecule has 24 heavy (non-hydrogen) atoms. The van der Waals surface area contributed by atoms with Crippen LogP contribution in [0.25, 0.3) is 0 Å². The lowest BCUT2D eigenvalue weighted by Gasteiger charge is -2.04. The van der Waals surface area contributed by atoms with E-state index in [-0.39, 0.29) is 11.3 Å². The smallest absolute Gasteiger partial charge is 0.335 e. The Hall–Kier alpha value is -2.99. The maximum atomic E-state index is 10.8. The van der Waals surface area contributed by atoms with Crippen molar-refractivity contribution >= 4 is 17.7 Å². The molecular formula is C18H19NO5. The number of hydrogen-bond donors (Lipinski definition) is 3. The highest BCUT2D eigenvalue weighted by Crippen LogP contribution is 2.05. The minimum Gasteiger partial charge on any atom is -0.480 e. The van der Waals surface area contributed by atoms with Gasteiger partial charge in [-0.15, -0.1) is 0 Å². The molecule has 2 rings (SSSR count). The van der Waals surface area contributed by atoms with Gasteiger partial charge in [0.25, 0.3) is 0 Å². The van der Waals surface area contributed by atoms with E-state index in [9.17, 15) is 14.4 Å². The Morgan fingerprint density at radius 1 is 0.958 bits per heavy atom. The number of hydrogen-bond acceptors (Lipinski definition) is 4. The van der Waals surface area contributed by atoms with Gasteiger partial charge >= 0.3 is 11.9 Å². The topological polar surface area (TPSA) is 118 Å². The lowest BCUT2D eigenvalue weighted by atomic mass is 10.1. The summed E-state index contributed by atoms with van der Waals surface area (Å²) in [6.07, 6.45) is 0.385. The second-order valence-corrected chi connectivity index (χ2v) is 5.08. The molecular weight excluding hydrogens is 310 g/mol. The summed E-state index contributed by atoms with van der Waals surface area (Å²) in [7, 11) is 0. The molecule has 0 aromatic heterocycles. The van der Waals surface area contributed by atoms with Crippen LogP contribution in [0.5, 0.6) is 0 Å². The molecule has 0 radical (unpaired) electrons. The van der Waals surface area contributed by atoms with E-state index in [4.69, 9.17) is 15.9 Å². The van der Waals surface area contributed by atoms with Gasteiger partial charge in [0, 0.05) is 5.56 Å². The lowest BCUT2D eigenvalue weighted by molar-refractivity contribution is -0.138. The number of aliphatic carboxylic acids is 1. The van der Waals surface area contributed by atoms with Crippen LogP contribution < -0.4 is 5.73 Å². The van der Waals surface area contributed by atoms with Gasteiger partial charge in [0.1, 0.15) is 6.04 Å². The summed E-state index contributed by atoms with van der Waals surface area (Å²) in [5, 5.41) is 17.1. The fourth-order valence-electron chi connectivity index (χ4n) is 1.83. The van der Waals surface area contributed by atoms with Crippen LogP contribution in [0.3, 0.4) is 0 Å². The summed E-state index contributed by atoms with van der Waals surface area (Å²) in [5.74, 6) is -2.10. The molecule has 2 aromatic rings. The third-order valence-electron chi connectivity index (χ3n) is 3.13. The average Bonchev–Trinajstić information content (AvgIpc) is 2.56. The Bertz CT molecular complexity index is 683. The standard InChI is InChI=1S/C9H11NO2.C9H8O3/c10-8(9(11)12)6-7-4-2-1-3-5-7;1-6(10)7-3-2-4-8(5-7)9(11)12/h1-5,8H,6,10H2,(H,11,12);2-5H,1H3,(H,11,12)/t8-;/m0./s1. The number of carboxylic acids is 2. The zero-order chi connectivity index (χ0) is 18.1. The SMILES string of the molecule is CC(=O)c1cccc(C(=O)O)c1.N[C@@H](Cc1ccccc1)C(=O)O. The molecule has 2 aromatic carbocycles. The van der Waals surface area contributed by atoms with Gasteiger partial charge in [-0.25, -0.2) is 4.79 Å². The highest BCUT2D eigenvalue weighted by atomic mass is 16.4. The van der Waals surface area contributed by atoms with Gasteiger partial charge in [-0.05, 0) is 31.0 Å². The molecule has 0 fully saturated rings. The van der Waals surface area contributed by atoms with Crippen LogP contribution in [0.15, 0.2) is 54.6 Å². The van der Waals surface area contributed by atoms with E-state index in [2.05, 4.69) is 0 Å². The number of benzene rings is 2. The maximum Gasteiger partial charge on any atom is 0.335 e. The van der Waals surface area contributed by atoms with E-state index < -0.39 is 18.0 Å². The van der Waals surface area contributed by atoms with Gasteiger partial charge in [-0.1, -0.05) is 42.5 Å². The van der Waals surface area contributed by atoms with Crippen LogP contribution >= 0.6 is 0 Å². The van der Waals surface area contributed by atoms with Crippen molar-refractivity contribution < 1.29 is 24.6 Å². The third-order valence-corrected chi connectivity index (χ3v) is 3.13. The molecule has 0 aliphatic carbocycles. The van der Waals surface area contributed by atoms with Crippen LogP contribution in [0.2, 0.25) is 0 Å². The lowest BCUT2D eigenvalue weighted by Crippen LogP contribution is -2.32. The summed E-state index contributed by atoms with van der Waals surface area (Å²) in [6.45, 7) is 1.40. The van der Waals surface area contributed by atoms with E-state index in [1.807, 2.05) is 30.3 Å². The van der Waals surface area contributed by atoms with Crippen molar-refractivity contribution in [3.63, 3.8) is 0 Å². The van der Waals surface area contributed by atoms with E-state index in [0.29, 0.717) is 12.0 Å². The van der Waals surface area contributed by atoms with Crippen molar-refractivity contribution in [2.75, 3.05) is 0 Å². The van der Waals surface area contributed by atoms with Gasteiger partial charge in [-0.3, -0.25) is 9.59 Å². The summed E-state index contributed by atoms with van der Waals surface area (Å²) in [4.78, 5) is 31.7. The molecule has 1 atom stereocenters. The molecule has 6 heteroatoms. The van der Waals surface area contributed by atoms with Gasteiger partial charge in [0.15, 0.2) is 5.78 Å². The molecule has 4 N–H and O–H groups in total. The van der Waals surface area contributed by atoms with E-state index in [1.165, 1.54) is 19.1 Å². The molecule has 0 heterocycles. The van der Waals surface area contributed by atoms with Crippen LogP contribution in [0.4, 0.5) is 0 Å². The third kappa shape index (κ3) is 6.41. The number of aromatic carboxylic acids is 1. The molecule has 0 bridgehead atoms. The summed E-state index contributed by atoms with van der Waals surface area (Å²) < 4.78 is 0. The van der Waals surface area contributed by atoms with Crippen LogP contribution in [0.1, 0.15) is 33.2 Å². The second kappa shape index (κ2) is 9.22. The van der Waals surface area contributed by atoms with Crippen molar-refractivity contribution in [1.29, 1.82) is 0 Å². The normalized spacial score (nSPS) is 10.9. The van der Waals surface area contributed by atoms with Crippen molar-refractivity contribution in [1.82, 2.24) is 0 Å². The molecule has 0 unspecified atom stereocenters. The Morgan fingerprint density at radius 3 is 2.04 bits per heavy atom. The predicted octanol–water partition coefficient (Wildman–Crippen LogP) is 2.23. The monoisotopic (exact) mass is 329 g/mol. The summed E-state index contributed by atoms with van der Waals surface area (Å²) in [5.41, 5.74) is 6.87. The first-order valence-electron chi connectivity index (χ1n) is 7.18. The van der Waals surface area contributed by atoms with E-state index >= 15 is 0 Å². The van der Waals surface area contributed by atoms with E-state index in [0.717, 1.165) is 5.56 Å². The van der Waals surface area contributed by atoms with Crippen molar-refractivity contribution in [3.05, 3.63) is 71.3 Å². The Balaban J connectivity index is 0.000000240. The predicted molar refractivity (Wildman–Crippen MR) is 89.2 cm³/mol. The Kier molecular flexibility index (Phi) is 7.32. The quantitative estimate of drug-likeness (QED) is 0.724. The largest absolute Gasteiger partial charge is 0.480 e. The number of carboxylic acid groups (broad SMARTS) is 2. The molecule has 0 aliphatic rings. The van der Waals surface area contributed by atoms with Crippen LogP contribution in [0, 0.1) is 0 Å². The second-order valence-electron chi connectivity index (χ2n) is 5.08. The number of carbonyl (C=O) groups excluding carboxylic acids is 1. The van der Waals surface area contributed by atoms with Gasteiger partial charge < -0.3 is 15.9 Å². The fraction of sp³-hybridized carbons (Fsp3) is 0.167. The number of Topliss-reactive ketones (excluding diaryl/α,β-unsaturated/α-hetero) is 1. The van der Waals surface area contributed by atoms with Gasteiger partial charge in [0.2, 0.25) is 0 Å². The average molecular weight is 329 g/mol. The number of carbonyl (C=O) groups is 3. The Morgan fingerprint density at radius 2 is 1.54 bits per heavy atom. The van der Waals surface area contributed by atoms with Crippen LogP contribution in [-0.2, 0) is 11.2 Å². The first-order valence-corrected chi connectivity index (χ1v) is 7.18. The van der Waals surface area contributed by atoms with Crippen molar-refractivity contribution in [2.45, 2.75) is 19.4 Å². The minimum absolute atomic E-state index is 0.127. The van der Waals surface area contributed by atoms with Crippen LogP contribution in [-0.4, -0.2) is 34.0 Å². The molecule has 0 aliphatic heterocycles. The molecule has 0 amide bonds. The molecule has 0 saturated heterocycles. The number of rotatable bonds is 5. The zero-order valence-electron chi connectivity index (χ0n) is 13.2. The van der Waals surface area contributed by atoms with Gasteiger partial charge in [-0.2, -0.15) is 0 Å². The molecule has 0 saturated carbocycles. The van der Waals surface area contributed by atoms with Gasteiger partial charge in [0.05, 0.1) is 5.56 Å². The Labute approximate surface area is 139 Å². The summed E-state index contributed by atoms with van der Waals surface area (Å²) in [6, 6.07) is 14.5. The molecule has 6 nitrogen and oxygen atoms in total. The molecule has 126 valence electrons. The number of nitrogens with two attached hydrogens (primary N) is 1. The molecule has 0 spiro atoms. The minimum atomic E-state index is -1.02. The maximum absolute atomic E-state index is 10.8. The first-order chi connectivity index (χ1) is 11.3. The first kappa shape index (κ1) is 19.1. The highest BCUT2D eigenvalue weighted by molar-refractivity contribution is 5.97. The van der Waals surface area contributed by atoms with E-state index in [1.54, 1.807) is 12.1 Å². The zero-order valence-corrected chi connectivity index (χ0v) is 13.2. The highest BCUT2D eigenvalue weighted by Gasteiger charge is 2.11. The van der Waals surface area contributed by atoms with Crippen molar-refractivity contribution in [3.8, 4) is 0 Å². The fourth-order valence-corrected chi connectivity index (χ4v) is 1.83. The summed E-state index contributed by atoms with van der Waals surface area (Å²) >= 11 is 0. The number of ketones is 1.